The highest BCUT2D eigenvalue weighted by Gasteiger charge is 2.18. The highest BCUT2D eigenvalue weighted by molar-refractivity contribution is 7.94. The van der Waals surface area contributed by atoms with Crippen LogP contribution in [0.3, 0.4) is 0 Å². The van der Waals surface area contributed by atoms with Gasteiger partial charge in [0.25, 0.3) is 5.56 Å². The van der Waals surface area contributed by atoms with Gasteiger partial charge in [0.05, 0.1) is 4.90 Å². The molecule has 0 amide bonds. The van der Waals surface area contributed by atoms with E-state index in [1.807, 2.05) is 39.0 Å². The van der Waals surface area contributed by atoms with E-state index in [-0.39, 0.29) is 10.5 Å². The van der Waals surface area contributed by atoms with E-state index < -0.39 is 9.84 Å². The SMILES string of the molecule is C=CS(=O)(=O)c1ccc(Oc2c(C)cccc2C)c(-c2cc(CC)c(=O)n(C)c2)c1. The molecule has 30 heavy (non-hydrogen) atoms. The maximum absolute atomic E-state index is 12.4. The Morgan fingerprint density at radius 2 is 1.77 bits per heavy atom. The van der Waals surface area contributed by atoms with Gasteiger partial charge in [0.2, 0.25) is 0 Å². The van der Waals surface area contributed by atoms with Crippen molar-refractivity contribution < 1.29 is 13.2 Å². The van der Waals surface area contributed by atoms with Gasteiger partial charge in [0.15, 0.2) is 9.84 Å². The zero-order valence-electron chi connectivity index (χ0n) is 17.6. The minimum absolute atomic E-state index is 0.0756. The molecule has 3 rings (SSSR count). The number of aryl methyl sites for hydroxylation is 4. The molecule has 0 unspecified atom stereocenters. The number of benzene rings is 2. The van der Waals surface area contributed by atoms with Gasteiger partial charge in [-0.15, -0.1) is 0 Å². The highest BCUT2D eigenvalue weighted by atomic mass is 32.2. The molecular weight excluding hydrogens is 398 g/mol. The molecule has 0 aliphatic heterocycles. The third-order valence-corrected chi connectivity index (χ3v) is 6.42. The summed E-state index contributed by atoms with van der Waals surface area (Å²) in [6.45, 7) is 9.24. The number of ether oxygens (including phenoxy) is 1. The summed E-state index contributed by atoms with van der Waals surface area (Å²) in [4.78, 5) is 12.5. The van der Waals surface area contributed by atoms with Crippen molar-refractivity contribution in [3.8, 4) is 22.6 Å². The number of sulfone groups is 1. The summed E-state index contributed by atoms with van der Waals surface area (Å²) in [5.41, 5.74) is 3.80. The van der Waals surface area contributed by atoms with Crippen molar-refractivity contribution in [1.29, 1.82) is 0 Å². The Bertz CT molecular complexity index is 1270. The minimum Gasteiger partial charge on any atom is -0.456 e. The molecule has 0 N–H and O–H groups in total. The van der Waals surface area contributed by atoms with Crippen LogP contribution < -0.4 is 10.3 Å². The Kier molecular flexibility index (Phi) is 5.99. The van der Waals surface area contributed by atoms with Crippen LogP contribution in [0.4, 0.5) is 0 Å². The van der Waals surface area contributed by atoms with Crippen LogP contribution in [0.1, 0.15) is 23.6 Å². The van der Waals surface area contributed by atoms with Crippen LogP contribution in [-0.4, -0.2) is 13.0 Å². The van der Waals surface area contributed by atoms with Crippen molar-refractivity contribution >= 4 is 9.84 Å². The van der Waals surface area contributed by atoms with Gasteiger partial charge in [-0.3, -0.25) is 4.79 Å². The van der Waals surface area contributed by atoms with E-state index >= 15 is 0 Å². The first-order chi connectivity index (χ1) is 14.2. The second kappa shape index (κ2) is 8.32. The predicted octanol–water partition coefficient (Wildman–Crippen LogP) is 4.94. The van der Waals surface area contributed by atoms with Gasteiger partial charge < -0.3 is 9.30 Å². The molecule has 0 bridgehead atoms. The summed E-state index contributed by atoms with van der Waals surface area (Å²) in [6, 6.07) is 12.4. The fourth-order valence-corrected chi connectivity index (χ4v) is 4.08. The van der Waals surface area contributed by atoms with Crippen LogP contribution in [0.25, 0.3) is 11.1 Å². The zero-order valence-corrected chi connectivity index (χ0v) is 18.4. The average molecular weight is 424 g/mol. The molecule has 156 valence electrons. The van der Waals surface area contributed by atoms with E-state index in [0.29, 0.717) is 28.9 Å². The van der Waals surface area contributed by atoms with Gasteiger partial charge >= 0.3 is 0 Å². The summed E-state index contributed by atoms with van der Waals surface area (Å²) < 4.78 is 32.6. The second-order valence-corrected chi connectivity index (χ2v) is 9.11. The van der Waals surface area contributed by atoms with E-state index in [1.54, 1.807) is 31.4 Å². The molecule has 0 aliphatic carbocycles. The molecule has 5 nitrogen and oxygen atoms in total. The Balaban J connectivity index is 2.28. The second-order valence-electron chi connectivity index (χ2n) is 7.22. The van der Waals surface area contributed by atoms with Gasteiger partial charge in [0, 0.05) is 35.3 Å². The molecule has 0 saturated heterocycles. The van der Waals surface area contributed by atoms with Crippen LogP contribution in [0, 0.1) is 13.8 Å². The van der Waals surface area contributed by atoms with Crippen molar-refractivity contribution in [2.24, 2.45) is 7.05 Å². The standard InChI is InChI=1S/C24H25NO4S/c1-6-18-13-19(15-25(5)24(18)26)21-14-20(30(27,28)7-2)11-12-22(21)29-23-16(3)9-8-10-17(23)4/h7-15H,2,6H2,1,3-5H3. The van der Waals surface area contributed by atoms with Gasteiger partial charge in [-0.2, -0.15) is 0 Å². The Labute approximate surface area is 177 Å². The number of pyridine rings is 1. The zero-order chi connectivity index (χ0) is 22.1. The third-order valence-electron chi connectivity index (χ3n) is 5.07. The predicted molar refractivity (Wildman–Crippen MR) is 120 cm³/mol. The van der Waals surface area contributed by atoms with Crippen LogP contribution in [-0.2, 0) is 23.3 Å². The van der Waals surface area contributed by atoms with E-state index in [0.717, 1.165) is 22.3 Å². The van der Waals surface area contributed by atoms with E-state index in [2.05, 4.69) is 6.58 Å². The maximum Gasteiger partial charge on any atom is 0.253 e. The third kappa shape index (κ3) is 4.09. The first-order valence-corrected chi connectivity index (χ1v) is 11.2. The minimum atomic E-state index is -3.63. The summed E-state index contributed by atoms with van der Waals surface area (Å²) in [5.74, 6) is 1.23. The number of hydrogen-bond acceptors (Lipinski definition) is 4. The van der Waals surface area contributed by atoms with Crippen molar-refractivity contribution in [3.05, 3.63) is 87.7 Å². The summed E-state index contributed by atoms with van der Waals surface area (Å²) >= 11 is 0. The van der Waals surface area contributed by atoms with Gasteiger partial charge in [-0.25, -0.2) is 8.42 Å². The average Bonchev–Trinajstić information content (AvgIpc) is 2.72. The molecular formula is C24H25NO4S. The van der Waals surface area contributed by atoms with Gasteiger partial charge in [-0.05, 0) is 55.7 Å². The molecule has 1 heterocycles. The smallest absolute Gasteiger partial charge is 0.253 e. The van der Waals surface area contributed by atoms with E-state index in [9.17, 15) is 13.2 Å². The molecule has 0 radical (unpaired) electrons. The molecule has 0 atom stereocenters. The number of nitrogens with zero attached hydrogens (tertiary/aromatic N) is 1. The normalized spacial score (nSPS) is 11.3. The Morgan fingerprint density at radius 3 is 2.37 bits per heavy atom. The van der Waals surface area contributed by atoms with Crippen molar-refractivity contribution in [1.82, 2.24) is 4.57 Å². The number of aromatic nitrogens is 1. The summed E-state index contributed by atoms with van der Waals surface area (Å²) in [5, 5.41) is 0.927. The fourth-order valence-electron chi connectivity index (χ4n) is 3.35. The number of para-hydroxylation sites is 1. The molecule has 1 aromatic heterocycles. The lowest BCUT2D eigenvalue weighted by molar-refractivity contribution is 0.476. The lowest BCUT2D eigenvalue weighted by Crippen LogP contribution is -2.20. The van der Waals surface area contributed by atoms with Crippen molar-refractivity contribution in [2.75, 3.05) is 0 Å². The summed E-state index contributed by atoms with van der Waals surface area (Å²) in [6.07, 6.45) is 2.26. The largest absolute Gasteiger partial charge is 0.456 e. The first-order valence-electron chi connectivity index (χ1n) is 9.63. The lowest BCUT2D eigenvalue weighted by Gasteiger charge is -2.17. The van der Waals surface area contributed by atoms with Gasteiger partial charge in [0.1, 0.15) is 11.5 Å². The van der Waals surface area contributed by atoms with E-state index in [4.69, 9.17) is 4.74 Å². The van der Waals surface area contributed by atoms with Crippen molar-refractivity contribution in [2.45, 2.75) is 32.1 Å². The summed E-state index contributed by atoms with van der Waals surface area (Å²) in [7, 11) is -1.95. The molecule has 0 aliphatic rings. The van der Waals surface area contributed by atoms with Crippen LogP contribution in [0.2, 0.25) is 0 Å². The molecule has 0 spiro atoms. The number of rotatable bonds is 6. The molecule has 0 saturated carbocycles. The van der Waals surface area contributed by atoms with Crippen LogP contribution in [0.5, 0.6) is 11.5 Å². The van der Waals surface area contributed by atoms with Crippen LogP contribution in [0.15, 0.2) is 70.3 Å². The number of hydrogen-bond donors (Lipinski definition) is 0. The maximum atomic E-state index is 12.4. The lowest BCUT2D eigenvalue weighted by atomic mass is 10.0. The Morgan fingerprint density at radius 1 is 1.10 bits per heavy atom. The Hall–Kier alpha value is -3.12. The fraction of sp³-hybridized carbons (Fsp3) is 0.208. The molecule has 3 aromatic rings. The van der Waals surface area contributed by atoms with Crippen LogP contribution >= 0.6 is 0 Å². The topological polar surface area (TPSA) is 65.4 Å². The molecule has 2 aromatic carbocycles. The molecule has 6 heteroatoms. The van der Waals surface area contributed by atoms with Crippen molar-refractivity contribution in [3.63, 3.8) is 0 Å². The highest BCUT2D eigenvalue weighted by Crippen LogP contribution is 2.37. The molecule has 0 fully saturated rings. The first kappa shape index (κ1) is 21.6. The quantitative estimate of drug-likeness (QED) is 0.563. The van der Waals surface area contributed by atoms with E-state index in [1.165, 1.54) is 10.6 Å². The monoisotopic (exact) mass is 423 g/mol. The van der Waals surface area contributed by atoms with Gasteiger partial charge in [-0.1, -0.05) is 31.7 Å².